The van der Waals surface area contributed by atoms with Gasteiger partial charge in [-0.1, -0.05) is 12.1 Å². The number of rotatable bonds is 6. The lowest BCUT2D eigenvalue weighted by Crippen LogP contribution is -2.29. The second-order valence-electron chi connectivity index (χ2n) is 5.97. The zero-order valence-electron chi connectivity index (χ0n) is 14.8. The highest BCUT2D eigenvalue weighted by Gasteiger charge is 2.16. The Hall–Kier alpha value is -2.93. The van der Waals surface area contributed by atoms with Crippen LogP contribution < -0.4 is 9.47 Å². The van der Waals surface area contributed by atoms with Crippen molar-refractivity contribution in [2.75, 3.05) is 27.0 Å². The third-order valence-corrected chi connectivity index (χ3v) is 4.01. The summed E-state index contributed by atoms with van der Waals surface area (Å²) in [5.74, 6) is -0.526. The molecule has 0 radical (unpaired) electrons. The Morgan fingerprint density at radius 3 is 2.93 bits per heavy atom. The number of halogens is 2. The van der Waals surface area contributed by atoms with E-state index in [0.717, 1.165) is 0 Å². The van der Waals surface area contributed by atoms with Gasteiger partial charge in [0.15, 0.2) is 18.4 Å². The molecule has 1 heterocycles. The van der Waals surface area contributed by atoms with Crippen molar-refractivity contribution < 1.29 is 27.8 Å². The molecule has 0 unspecified atom stereocenters. The van der Waals surface area contributed by atoms with Gasteiger partial charge < -0.3 is 19.1 Å². The molecule has 2 aromatic carbocycles. The van der Waals surface area contributed by atoms with Crippen LogP contribution in [0.1, 0.15) is 11.1 Å². The van der Waals surface area contributed by atoms with E-state index in [-0.39, 0.29) is 38.2 Å². The maximum Gasteiger partial charge on any atom is 0.246 e. The maximum absolute atomic E-state index is 13.7. The number of likely N-dealkylation sites (N-methyl/N-ethyl adjacent to an activating group) is 1. The van der Waals surface area contributed by atoms with Gasteiger partial charge in [0.2, 0.25) is 5.91 Å². The van der Waals surface area contributed by atoms with Gasteiger partial charge in [-0.2, -0.15) is 0 Å². The van der Waals surface area contributed by atoms with Crippen LogP contribution in [0.2, 0.25) is 0 Å². The first-order valence-corrected chi connectivity index (χ1v) is 8.38. The van der Waals surface area contributed by atoms with E-state index in [1.807, 2.05) is 0 Å². The summed E-state index contributed by atoms with van der Waals surface area (Å²) in [6.07, 6.45) is 2.83. The van der Waals surface area contributed by atoms with Crippen molar-refractivity contribution >= 4 is 12.0 Å². The predicted molar refractivity (Wildman–Crippen MR) is 95.3 cm³/mol. The Morgan fingerprint density at radius 2 is 2.11 bits per heavy atom. The van der Waals surface area contributed by atoms with Gasteiger partial charge >= 0.3 is 0 Å². The zero-order chi connectivity index (χ0) is 19.2. The summed E-state index contributed by atoms with van der Waals surface area (Å²) in [7, 11) is 1.60. The van der Waals surface area contributed by atoms with Gasteiger partial charge in [-0.25, -0.2) is 8.78 Å². The van der Waals surface area contributed by atoms with Gasteiger partial charge in [-0.05, 0) is 30.3 Å². The fourth-order valence-electron chi connectivity index (χ4n) is 2.59. The first-order valence-electron chi connectivity index (χ1n) is 8.38. The minimum atomic E-state index is -0.453. The summed E-state index contributed by atoms with van der Waals surface area (Å²) < 4.78 is 43.1. The number of fused-ring (bicyclic) bond motifs is 1. The van der Waals surface area contributed by atoms with E-state index in [1.165, 1.54) is 41.3 Å². The predicted octanol–water partition coefficient (Wildman–Crippen LogP) is 3.38. The van der Waals surface area contributed by atoms with E-state index in [1.54, 1.807) is 19.2 Å². The molecule has 27 heavy (non-hydrogen) atoms. The first kappa shape index (κ1) is 18.8. The first-order chi connectivity index (χ1) is 13.0. The van der Waals surface area contributed by atoms with Gasteiger partial charge in [0.05, 0.1) is 13.2 Å². The van der Waals surface area contributed by atoms with Crippen LogP contribution in [0.4, 0.5) is 8.78 Å². The SMILES string of the molecule is CN(CCOc1ccccc1F)C(=O)/C=C/c1cc(F)cc2c1OCOC2. The van der Waals surface area contributed by atoms with Crippen LogP contribution in [0, 0.1) is 11.6 Å². The average molecular weight is 375 g/mol. The number of hydrogen-bond donors (Lipinski definition) is 0. The van der Waals surface area contributed by atoms with Crippen molar-refractivity contribution in [3.63, 3.8) is 0 Å². The van der Waals surface area contributed by atoms with E-state index in [0.29, 0.717) is 16.9 Å². The second-order valence-corrected chi connectivity index (χ2v) is 5.97. The van der Waals surface area contributed by atoms with Crippen LogP contribution in [0.25, 0.3) is 6.08 Å². The topological polar surface area (TPSA) is 48.0 Å². The number of benzene rings is 2. The summed E-state index contributed by atoms with van der Waals surface area (Å²) in [5, 5.41) is 0. The lowest BCUT2D eigenvalue weighted by Gasteiger charge is -2.20. The molecular formula is C20H19F2NO4. The molecule has 1 aliphatic heterocycles. The van der Waals surface area contributed by atoms with Crippen LogP contribution in [0.3, 0.4) is 0 Å². The lowest BCUT2D eigenvalue weighted by atomic mass is 10.1. The molecule has 0 N–H and O–H groups in total. The molecule has 0 atom stereocenters. The Balaban J connectivity index is 1.58. The quantitative estimate of drug-likeness (QED) is 0.727. The number of nitrogens with zero attached hydrogens (tertiary/aromatic N) is 1. The van der Waals surface area contributed by atoms with Crippen LogP contribution in [0.15, 0.2) is 42.5 Å². The van der Waals surface area contributed by atoms with Gasteiger partial charge in [-0.15, -0.1) is 0 Å². The number of hydrogen-bond acceptors (Lipinski definition) is 4. The Bertz CT molecular complexity index is 854. The normalized spacial score (nSPS) is 13.1. The monoisotopic (exact) mass is 375 g/mol. The van der Waals surface area contributed by atoms with E-state index >= 15 is 0 Å². The molecule has 0 bridgehead atoms. The number of para-hydroxylation sites is 1. The van der Waals surface area contributed by atoms with Crippen LogP contribution >= 0.6 is 0 Å². The molecule has 3 rings (SSSR count). The number of amides is 1. The molecule has 0 aliphatic carbocycles. The summed E-state index contributed by atoms with van der Waals surface area (Å²) in [6, 6.07) is 8.72. The molecule has 1 amide bonds. The molecular weight excluding hydrogens is 356 g/mol. The van der Waals surface area contributed by atoms with Crippen molar-refractivity contribution in [1.29, 1.82) is 0 Å². The van der Waals surface area contributed by atoms with Crippen LogP contribution in [0.5, 0.6) is 11.5 Å². The highest BCUT2D eigenvalue weighted by Crippen LogP contribution is 2.30. The van der Waals surface area contributed by atoms with Crippen LogP contribution in [-0.4, -0.2) is 37.8 Å². The Labute approximate surface area is 155 Å². The standard InChI is InChI=1S/C20H19F2NO4/c1-23(8-9-26-18-5-3-2-4-17(18)22)19(24)7-6-14-10-16(21)11-15-12-25-13-27-20(14)15/h2-7,10-11H,8-9,12-13H2,1H3/b7-6+. The van der Waals surface area contributed by atoms with E-state index in [2.05, 4.69) is 0 Å². The van der Waals surface area contributed by atoms with Crippen LogP contribution in [-0.2, 0) is 16.1 Å². The van der Waals surface area contributed by atoms with Crippen molar-refractivity contribution in [3.05, 3.63) is 65.2 Å². The molecule has 0 spiro atoms. The zero-order valence-corrected chi connectivity index (χ0v) is 14.8. The fourth-order valence-corrected chi connectivity index (χ4v) is 2.59. The minimum Gasteiger partial charge on any atom is -0.489 e. The lowest BCUT2D eigenvalue weighted by molar-refractivity contribution is -0.125. The minimum absolute atomic E-state index is 0.0840. The maximum atomic E-state index is 13.7. The van der Waals surface area contributed by atoms with Gasteiger partial charge in [-0.3, -0.25) is 4.79 Å². The van der Waals surface area contributed by atoms with E-state index in [9.17, 15) is 13.6 Å². The molecule has 2 aromatic rings. The third kappa shape index (κ3) is 4.83. The summed E-state index contributed by atoms with van der Waals surface area (Å²) in [5.41, 5.74) is 1.07. The Morgan fingerprint density at radius 1 is 1.30 bits per heavy atom. The molecule has 0 aromatic heterocycles. The third-order valence-electron chi connectivity index (χ3n) is 4.01. The molecule has 0 saturated heterocycles. The van der Waals surface area contributed by atoms with E-state index in [4.69, 9.17) is 14.2 Å². The van der Waals surface area contributed by atoms with Gasteiger partial charge in [0, 0.05) is 24.3 Å². The average Bonchev–Trinajstić information content (AvgIpc) is 2.67. The Kier molecular flexibility index (Phi) is 6.03. The molecule has 7 heteroatoms. The van der Waals surface area contributed by atoms with Gasteiger partial charge in [0.1, 0.15) is 18.2 Å². The molecule has 1 aliphatic rings. The molecule has 142 valence electrons. The molecule has 5 nitrogen and oxygen atoms in total. The molecule has 0 fully saturated rings. The smallest absolute Gasteiger partial charge is 0.246 e. The second kappa shape index (κ2) is 8.64. The van der Waals surface area contributed by atoms with E-state index < -0.39 is 11.6 Å². The summed E-state index contributed by atoms with van der Waals surface area (Å²) in [4.78, 5) is 13.7. The fraction of sp³-hybridized carbons (Fsp3) is 0.250. The molecule has 0 saturated carbocycles. The van der Waals surface area contributed by atoms with Crippen molar-refractivity contribution in [2.45, 2.75) is 6.61 Å². The highest BCUT2D eigenvalue weighted by atomic mass is 19.1. The number of carbonyl (C=O) groups is 1. The van der Waals surface area contributed by atoms with Crippen molar-refractivity contribution in [2.24, 2.45) is 0 Å². The number of ether oxygens (including phenoxy) is 3. The van der Waals surface area contributed by atoms with Crippen molar-refractivity contribution in [3.8, 4) is 11.5 Å². The number of carbonyl (C=O) groups excluding carboxylic acids is 1. The van der Waals surface area contributed by atoms with Gasteiger partial charge in [0.25, 0.3) is 0 Å². The van der Waals surface area contributed by atoms with Crippen molar-refractivity contribution in [1.82, 2.24) is 4.90 Å². The summed E-state index contributed by atoms with van der Waals surface area (Å²) >= 11 is 0. The largest absolute Gasteiger partial charge is 0.489 e. The highest BCUT2D eigenvalue weighted by molar-refractivity contribution is 5.92. The summed E-state index contributed by atoms with van der Waals surface area (Å²) in [6.45, 7) is 0.756.